The minimum atomic E-state index is -0.275. The number of imidazole rings is 1. The van der Waals surface area contributed by atoms with Crippen molar-refractivity contribution in [1.29, 1.82) is 0 Å². The van der Waals surface area contributed by atoms with Crippen molar-refractivity contribution in [2.24, 2.45) is 0 Å². The molecule has 0 aliphatic rings. The second-order valence-electron chi connectivity index (χ2n) is 5.17. The van der Waals surface area contributed by atoms with Crippen LogP contribution in [0.4, 0.5) is 0 Å². The third-order valence-electron chi connectivity index (χ3n) is 3.70. The number of H-pyrrole nitrogens is 2. The molecule has 5 heteroatoms. The van der Waals surface area contributed by atoms with E-state index in [0.29, 0.717) is 0 Å². The molecular weight excluding hydrogens is 352 g/mol. The van der Waals surface area contributed by atoms with Crippen LogP contribution < -0.4 is 5.69 Å². The van der Waals surface area contributed by atoms with Gasteiger partial charge >= 0.3 is 5.69 Å². The summed E-state index contributed by atoms with van der Waals surface area (Å²) in [5.41, 5.74) is 5.67. The summed E-state index contributed by atoms with van der Waals surface area (Å²) in [4.78, 5) is 16.9. The van der Waals surface area contributed by atoms with Crippen molar-refractivity contribution >= 4 is 38.6 Å². The number of benzene rings is 2. The molecule has 0 fully saturated rings. The molecule has 0 aliphatic carbocycles. The SMILES string of the molecule is Cc1cccc(C)c1C(Cl)c1cc2[nH]c(=O)[nH]c2cc1Br. The average molecular weight is 366 g/mol. The topological polar surface area (TPSA) is 48.6 Å². The van der Waals surface area contributed by atoms with Crippen molar-refractivity contribution < 1.29 is 0 Å². The zero-order valence-corrected chi connectivity index (χ0v) is 14.0. The fraction of sp³-hybridized carbons (Fsp3) is 0.188. The summed E-state index contributed by atoms with van der Waals surface area (Å²) in [6.45, 7) is 4.12. The molecule has 108 valence electrons. The van der Waals surface area contributed by atoms with Gasteiger partial charge in [0.05, 0.1) is 16.4 Å². The number of aromatic amines is 2. The molecule has 0 spiro atoms. The number of halogens is 2. The zero-order valence-electron chi connectivity index (χ0n) is 11.6. The molecular formula is C16H14BrClN2O. The minimum Gasteiger partial charge on any atom is -0.306 e. The van der Waals surface area contributed by atoms with Crippen LogP contribution in [-0.2, 0) is 0 Å². The normalized spacial score (nSPS) is 12.8. The van der Waals surface area contributed by atoms with E-state index in [0.717, 1.165) is 37.8 Å². The molecule has 3 rings (SSSR count). The van der Waals surface area contributed by atoms with E-state index in [1.54, 1.807) is 0 Å². The van der Waals surface area contributed by atoms with E-state index in [9.17, 15) is 4.79 Å². The highest BCUT2D eigenvalue weighted by Gasteiger charge is 2.19. The Morgan fingerprint density at radius 1 is 1.10 bits per heavy atom. The van der Waals surface area contributed by atoms with Crippen LogP contribution in [0, 0.1) is 13.8 Å². The van der Waals surface area contributed by atoms with Gasteiger partial charge < -0.3 is 9.97 Å². The number of rotatable bonds is 2. The highest BCUT2D eigenvalue weighted by atomic mass is 79.9. The van der Waals surface area contributed by atoms with Crippen LogP contribution in [0.2, 0.25) is 0 Å². The standard InChI is InChI=1S/C16H14BrClN2O/c1-8-4-3-5-9(2)14(8)15(18)10-6-12-13(7-11(10)17)20-16(21)19-12/h3-7,15H,1-2H3,(H2,19,20,21). The summed E-state index contributed by atoms with van der Waals surface area (Å²) in [6, 6.07) is 9.94. The molecule has 2 N–H and O–H groups in total. The smallest absolute Gasteiger partial charge is 0.306 e. The van der Waals surface area contributed by atoms with Gasteiger partial charge in [-0.25, -0.2) is 4.79 Å². The summed E-state index contributed by atoms with van der Waals surface area (Å²) in [5, 5.41) is -0.275. The first-order valence-corrected chi connectivity index (χ1v) is 7.82. The first kappa shape index (κ1) is 14.4. The van der Waals surface area contributed by atoms with Crippen molar-refractivity contribution in [3.05, 3.63) is 67.5 Å². The lowest BCUT2D eigenvalue weighted by atomic mass is 9.95. The Morgan fingerprint density at radius 3 is 2.29 bits per heavy atom. The molecule has 1 atom stereocenters. The molecule has 1 aromatic heterocycles. The molecule has 0 aliphatic heterocycles. The Labute approximate surface area is 135 Å². The van der Waals surface area contributed by atoms with E-state index < -0.39 is 0 Å². The number of fused-ring (bicyclic) bond motifs is 1. The zero-order chi connectivity index (χ0) is 15.1. The number of nitrogens with one attached hydrogen (secondary N) is 2. The number of aryl methyl sites for hydroxylation is 2. The molecule has 0 saturated carbocycles. The molecule has 1 heterocycles. The molecule has 0 bridgehead atoms. The number of aromatic nitrogens is 2. The Hall–Kier alpha value is -1.52. The Kier molecular flexibility index (Phi) is 3.68. The number of alkyl halides is 1. The van der Waals surface area contributed by atoms with Gasteiger partial charge in [0.2, 0.25) is 0 Å². The van der Waals surface area contributed by atoms with Crippen LogP contribution in [-0.4, -0.2) is 9.97 Å². The van der Waals surface area contributed by atoms with Gasteiger partial charge in [-0.1, -0.05) is 34.1 Å². The van der Waals surface area contributed by atoms with Crippen LogP contribution in [0.5, 0.6) is 0 Å². The van der Waals surface area contributed by atoms with Gasteiger partial charge in [0.15, 0.2) is 0 Å². The maximum absolute atomic E-state index is 11.4. The lowest BCUT2D eigenvalue weighted by Gasteiger charge is -2.17. The summed E-state index contributed by atoms with van der Waals surface area (Å²) in [6.07, 6.45) is 0. The third-order valence-corrected chi connectivity index (χ3v) is 4.84. The van der Waals surface area contributed by atoms with Crippen LogP contribution in [0.3, 0.4) is 0 Å². The fourth-order valence-electron chi connectivity index (χ4n) is 2.65. The van der Waals surface area contributed by atoms with Crippen LogP contribution >= 0.6 is 27.5 Å². The molecule has 2 aromatic carbocycles. The molecule has 1 unspecified atom stereocenters. The highest BCUT2D eigenvalue weighted by molar-refractivity contribution is 9.10. The largest absolute Gasteiger partial charge is 0.323 e. The van der Waals surface area contributed by atoms with Gasteiger partial charge in [-0.2, -0.15) is 0 Å². The van der Waals surface area contributed by atoms with E-state index in [1.165, 1.54) is 0 Å². The van der Waals surface area contributed by atoms with Gasteiger partial charge in [-0.05, 0) is 48.2 Å². The van der Waals surface area contributed by atoms with E-state index in [2.05, 4.69) is 51.9 Å². The Balaban J connectivity index is 2.19. The number of hydrogen-bond acceptors (Lipinski definition) is 1. The average Bonchev–Trinajstić information content (AvgIpc) is 2.76. The van der Waals surface area contributed by atoms with Crippen LogP contribution in [0.25, 0.3) is 11.0 Å². The Morgan fingerprint density at radius 2 is 1.67 bits per heavy atom. The van der Waals surface area contributed by atoms with Crippen LogP contribution in [0.15, 0.2) is 39.6 Å². The quantitative estimate of drug-likeness (QED) is 0.642. The fourth-order valence-corrected chi connectivity index (χ4v) is 3.88. The second kappa shape index (κ2) is 5.35. The monoisotopic (exact) mass is 364 g/mol. The van der Waals surface area contributed by atoms with Gasteiger partial charge in [-0.3, -0.25) is 0 Å². The maximum Gasteiger partial charge on any atom is 0.323 e. The maximum atomic E-state index is 11.4. The minimum absolute atomic E-state index is 0.216. The summed E-state index contributed by atoms with van der Waals surface area (Å²) < 4.78 is 0.882. The third kappa shape index (κ3) is 2.54. The molecule has 3 aromatic rings. The van der Waals surface area contributed by atoms with Crippen molar-refractivity contribution in [2.45, 2.75) is 19.2 Å². The predicted octanol–water partition coefficient (Wildman–Crippen LogP) is 4.56. The lowest BCUT2D eigenvalue weighted by Crippen LogP contribution is -2.00. The molecule has 0 radical (unpaired) electrons. The first-order valence-electron chi connectivity index (χ1n) is 6.59. The van der Waals surface area contributed by atoms with Crippen LogP contribution in [0.1, 0.15) is 27.6 Å². The van der Waals surface area contributed by atoms with Crippen molar-refractivity contribution in [3.8, 4) is 0 Å². The van der Waals surface area contributed by atoms with E-state index in [1.807, 2.05) is 18.2 Å². The first-order chi connectivity index (χ1) is 9.97. The second-order valence-corrected chi connectivity index (χ2v) is 6.46. The van der Waals surface area contributed by atoms with Gasteiger partial charge in [0, 0.05) is 4.47 Å². The summed E-state index contributed by atoms with van der Waals surface area (Å²) >= 11 is 10.3. The molecule has 0 saturated heterocycles. The molecule has 21 heavy (non-hydrogen) atoms. The van der Waals surface area contributed by atoms with Crippen molar-refractivity contribution in [2.75, 3.05) is 0 Å². The van der Waals surface area contributed by atoms with E-state index in [-0.39, 0.29) is 11.1 Å². The van der Waals surface area contributed by atoms with Gasteiger partial charge in [0.25, 0.3) is 0 Å². The summed E-state index contributed by atoms with van der Waals surface area (Å²) in [5.74, 6) is 0. The van der Waals surface area contributed by atoms with Gasteiger partial charge in [0.1, 0.15) is 0 Å². The lowest BCUT2D eigenvalue weighted by molar-refractivity contribution is 1.08. The Bertz CT molecular complexity index is 861. The highest BCUT2D eigenvalue weighted by Crippen LogP contribution is 2.38. The van der Waals surface area contributed by atoms with Gasteiger partial charge in [-0.15, -0.1) is 11.6 Å². The summed E-state index contributed by atoms with van der Waals surface area (Å²) in [7, 11) is 0. The molecule has 3 nitrogen and oxygen atoms in total. The predicted molar refractivity (Wildman–Crippen MR) is 90.2 cm³/mol. The number of hydrogen-bond donors (Lipinski definition) is 2. The van der Waals surface area contributed by atoms with E-state index in [4.69, 9.17) is 11.6 Å². The molecule has 0 amide bonds. The van der Waals surface area contributed by atoms with Crippen molar-refractivity contribution in [3.63, 3.8) is 0 Å². The van der Waals surface area contributed by atoms with E-state index >= 15 is 0 Å². The van der Waals surface area contributed by atoms with Crippen molar-refractivity contribution in [1.82, 2.24) is 9.97 Å².